The number of carbonyl (C=O) groups is 2. The Balaban J connectivity index is 1.49. The molecule has 19 heavy (non-hydrogen) atoms. The Hall–Kier alpha value is -0.860. The second-order valence-electron chi connectivity index (χ2n) is 7.32. The zero-order valence-corrected chi connectivity index (χ0v) is 11.5. The van der Waals surface area contributed by atoms with Gasteiger partial charge in [-0.25, -0.2) is 0 Å². The van der Waals surface area contributed by atoms with Gasteiger partial charge in [-0.2, -0.15) is 0 Å². The van der Waals surface area contributed by atoms with E-state index < -0.39 is 0 Å². The van der Waals surface area contributed by atoms with Crippen LogP contribution < -0.4 is 0 Å². The maximum Gasteiger partial charge on any atom is 0.226 e. The normalized spacial score (nSPS) is 44.7. The van der Waals surface area contributed by atoms with E-state index in [1.807, 2.05) is 4.90 Å². The van der Waals surface area contributed by atoms with Gasteiger partial charge in [0.15, 0.2) is 0 Å². The number of nitrogens with zero attached hydrogens (tertiary/aromatic N) is 1. The lowest BCUT2D eigenvalue weighted by Crippen LogP contribution is -2.53. The van der Waals surface area contributed by atoms with Crippen molar-refractivity contribution in [1.29, 1.82) is 0 Å². The van der Waals surface area contributed by atoms with Crippen molar-refractivity contribution in [2.45, 2.75) is 44.9 Å². The molecule has 3 heteroatoms. The standard InChI is InChI=1S/C16H23NO2/c18-14-1-3-17(4-2-14)16(19)15-12-6-10-5-11(8-12)9-13(15)7-10/h10-13,15H,1-9H2. The molecule has 5 aliphatic rings. The first-order valence-corrected chi connectivity index (χ1v) is 8.01. The Morgan fingerprint density at radius 1 is 0.895 bits per heavy atom. The molecule has 0 spiro atoms. The lowest BCUT2D eigenvalue weighted by atomic mass is 9.51. The van der Waals surface area contributed by atoms with Crippen molar-refractivity contribution >= 4 is 11.7 Å². The molecule has 1 heterocycles. The van der Waals surface area contributed by atoms with Gasteiger partial charge in [0.05, 0.1) is 0 Å². The van der Waals surface area contributed by atoms with Crippen LogP contribution in [0.4, 0.5) is 0 Å². The Labute approximate surface area is 114 Å². The molecule has 104 valence electrons. The average Bonchev–Trinajstić information content (AvgIpc) is 2.38. The number of Topliss-reactive ketones (excluding diaryl/α,β-unsaturated/α-hetero) is 1. The third-order valence-electron chi connectivity index (χ3n) is 6.14. The fourth-order valence-corrected chi connectivity index (χ4v) is 5.52. The van der Waals surface area contributed by atoms with E-state index in [-0.39, 0.29) is 0 Å². The molecule has 5 rings (SSSR count). The number of rotatable bonds is 1. The third kappa shape index (κ3) is 1.93. The molecule has 1 amide bonds. The van der Waals surface area contributed by atoms with Gasteiger partial charge in [0.1, 0.15) is 5.78 Å². The lowest BCUT2D eigenvalue weighted by Gasteiger charge is -2.54. The van der Waals surface area contributed by atoms with Crippen LogP contribution in [0.5, 0.6) is 0 Å². The fourth-order valence-electron chi connectivity index (χ4n) is 5.52. The summed E-state index contributed by atoms with van der Waals surface area (Å²) in [5.74, 6) is 4.21. The number of carbonyl (C=O) groups excluding carboxylic acids is 2. The Bertz CT molecular complexity index is 379. The van der Waals surface area contributed by atoms with Crippen LogP contribution in [0, 0.1) is 29.6 Å². The highest BCUT2D eigenvalue weighted by Crippen LogP contribution is 2.56. The molecule has 0 N–H and O–H groups in total. The topological polar surface area (TPSA) is 37.4 Å². The van der Waals surface area contributed by atoms with Gasteiger partial charge < -0.3 is 4.90 Å². The van der Waals surface area contributed by atoms with Crippen LogP contribution in [0.15, 0.2) is 0 Å². The fraction of sp³-hybridized carbons (Fsp3) is 0.875. The first kappa shape index (κ1) is 11.9. The van der Waals surface area contributed by atoms with Gasteiger partial charge >= 0.3 is 0 Å². The van der Waals surface area contributed by atoms with Crippen molar-refractivity contribution in [3.8, 4) is 0 Å². The van der Waals surface area contributed by atoms with Crippen LogP contribution in [0.1, 0.15) is 44.9 Å². The maximum atomic E-state index is 12.8. The van der Waals surface area contributed by atoms with Crippen LogP contribution in [0.25, 0.3) is 0 Å². The van der Waals surface area contributed by atoms with E-state index in [1.54, 1.807) is 0 Å². The summed E-state index contributed by atoms with van der Waals surface area (Å²) in [6.07, 6.45) is 7.81. The van der Waals surface area contributed by atoms with Crippen molar-refractivity contribution in [2.75, 3.05) is 13.1 Å². The summed E-state index contributed by atoms with van der Waals surface area (Å²) in [5.41, 5.74) is 0. The highest BCUT2D eigenvalue weighted by molar-refractivity contribution is 5.84. The van der Waals surface area contributed by atoms with Gasteiger partial charge in [-0.05, 0) is 55.8 Å². The molecule has 4 bridgehead atoms. The number of amides is 1. The molecule has 4 aliphatic carbocycles. The lowest BCUT2D eigenvalue weighted by molar-refractivity contribution is -0.150. The number of likely N-dealkylation sites (tertiary alicyclic amines) is 1. The average molecular weight is 261 g/mol. The summed E-state index contributed by atoms with van der Waals surface area (Å²) in [5, 5.41) is 0. The predicted molar refractivity (Wildman–Crippen MR) is 71.4 cm³/mol. The summed E-state index contributed by atoms with van der Waals surface area (Å²) in [4.78, 5) is 26.1. The van der Waals surface area contributed by atoms with Crippen LogP contribution in [0.3, 0.4) is 0 Å². The van der Waals surface area contributed by atoms with Gasteiger partial charge in [-0.3, -0.25) is 9.59 Å². The molecule has 1 saturated heterocycles. The van der Waals surface area contributed by atoms with E-state index in [4.69, 9.17) is 0 Å². The number of piperidine rings is 1. The Kier molecular flexibility index (Phi) is 2.71. The molecule has 0 atom stereocenters. The van der Waals surface area contributed by atoms with Crippen molar-refractivity contribution in [3.63, 3.8) is 0 Å². The molecule has 0 aromatic rings. The molecule has 0 aromatic heterocycles. The van der Waals surface area contributed by atoms with E-state index in [0.717, 1.165) is 11.8 Å². The van der Waals surface area contributed by atoms with Crippen molar-refractivity contribution in [1.82, 2.24) is 4.90 Å². The van der Waals surface area contributed by atoms with E-state index >= 15 is 0 Å². The number of ketones is 1. The molecular formula is C16H23NO2. The summed E-state index contributed by atoms with van der Waals surface area (Å²) in [7, 11) is 0. The summed E-state index contributed by atoms with van der Waals surface area (Å²) >= 11 is 0. The first-order chi connectivity index (χ1) is 9.20. The van der Waals surface area contributed by atoms with Crippen LogP contribution in [0.2, 0.25) is 0 Å². The molecular weight excluding hydrogens is 238 g/mol. The van der Waals surface area contributed by atoms with Gasteiger partial charge in [-0.15, -0.1) is 0 Å². The molecule has 1 aliphatic heterocycles. The van der Waals surface area contributed by atoms with Crippen LogP contribution in [-0.2, 0) is 9.59 Å². The van der Waals surface area contributed by atoms with Gasteiger partial charge in [0.2, 0.25) is 5.91 Å². The van der Waals surface area contributed by atoms with Crippen molar-refractivity contribution in [2.24, 2.45) is 29.6 Å². The summed E-state index contributed by atoms with van der Waals surface area (Å²) < 4.78 is 0. The minimum Gasteiger partial charge on any atom is -0.342 e. The first-order valence-electron chi connectivity index (χ1n) is 8.01. The van der Waals surface area contributed by atoms with Crippen molar-refractivity contribution < 1.29 is 9.59 Å². The molecule has 0 unspecified atom stereocenters. The highest BCUT2D eigenvalue weighted by Gasteiger charge is 2.51. The molecule has 5 fully saturated rings. The zero-order valence-electron chi connectivity index (χ0n) is 11.5. The van der Waals surface area contributed by atoms with Gasteiger partial charge in [0, 0.05) is 31.8 Å². The summed E-state index contributed by atoms with van der Waals surface area (Å²) in [6, 6.07) is 0. The minimum absolute atomic E-state index is 0.306. The third-order valence-corrected chi connectivity index (χ3v) is 6.14. The quantitative estimate of drug-likeness (QED) is 0.726. The number of hydrogen-bond acceptors (Lipinski definition) is 2. The van der Waals surface area contributed by atoms with Gasteiger partial charge in [-0.1, -0.05) is 0 Å². The second kappa shape index (κ2) is 4.32. The largest absolute Gasteiger partial charge is 0.342 e. The van der Waals surface area contributed by atoms with Crippen molar-refractivity contribution in [3.05, 3.63) is 0 Å². The Morgan fingerprint density at radius 3 is 1.95 bits per heavy atom. The van der Waals surface area contributed by atoms with E-state index in [2.05, 4.69) is 0 Å². The Morgan fingerprint density at radius 2 is 1.42 bits per heavy atom. The molecule has 0 radical (unpaired) electrons. The van der Waals surface area contributed by atoms with Gasteiger partial charge in [0.25, 0.3) is 0 Å². The molecule has 3 nitrogen and oxygen atoms in total. The molecule has 0 aromatic carbocycles. The van der Waals surface area contributed by atoms with Crippen LogP contribution >= 0.6 is 0 Å². The van der Waals surface area contributed by atoms with Crippen LogP contribution in [-0.4, -0.2) is 29.7 Å². The SMILES string of the molecule is O=C1CCN(C(=O)C2C3CC4CC(C3)CC2C4)CC1. The van der Waals surface area contributed by atoms with E-state index in [9.17, 15) is 9.59 Å². The smallest absolute Gasteiger partial charge is 0.226 e. The second-order valence-corrected chi connectivity index (χ2v) is 7.32. The zero-order chi connectivity index (χ0) is 13.0. The monoisotopic (exact) mass is 261 g/mol. The minimum atomic E-state index is 0.306. The molecule has 4 saturated carbocycles. The van der Waals surface area contributed by atoms with E-state index in [1.165, 1.54) is 32.1 Å². The number of hydrogen-bond donors (Lipinski definition) is 0. The predicted octanol–water partition coefficient (Wildman–Crippen LogP) is 2.25. The maximum absolute atomic E-state index is 12.8. The highest BCUT2D eigenvalue weighted by atomic mass is 16.2. The van der Waals surface area contributed by atoms with E-state index in [0.29, 0.717) is 55.4 Å². The summed E-state index contributed by atoms with van der Waals surface area (Å²) in [6.45, 7) is 1.36.